The Hall–Kier alpha value is -0.750. The van der Waals surface area contributed by atoms with E-state index in [4.69, 9.17) is 4.98 Å². The van der Waals surface area contributed by atoms with E-state index in [1.54, 1.807) is 11.3 Å². The van der Waals surface area contributed by atoms with Gasteiger partial charge in [-0.3, -0.25) is 4.99 Å². The van der Waals surface area contributed by atoms with Crippen LogP contribution in [0.2, 0.25) is 0 Å². The van der Waals surface area contributed by atoms with E-state index in [0.717, 1.165) is 28.5 Å². The third-order valence-corrected chi connectivity index (χ3v) is 5.95. The number of rotatable bonds is 4. The Morgan fingerprint density at radius 2 is 2.23 bits per heavy atom. The van der Waals surface area contributed by atoms with E-state index in [1.807, 2.05) is 18.8 Å². The molecule has 2 rings (SSSR count). The first-order valence-corrected chi connectivity index (χ1v) is 10.0. The van der Waals surface area contributed by atoms with Crippen LogP contribution in [0, 0.1) is 0 Å². The molecule has 0 bridgehead atoms. The van der Waals surface area contributed by atoms with Gasteiger partial charge in [-0.2, -0.15) is 11.8 Å². The summed E-state index contributed by atoms with van der Waals surface area (Å²) in [6.45, 7) is 7.32. The fraction of sp³-hybridized carbons (Fsp3) is 0.750. The molecule has 0 saturated heterocycles. The zero-order valence-electron chi connectivity index (χ0n) is 14.3. The van der Waals surface area contributed by atoms with Crippen molar-refractivity contribution in [2.45, 2.75) is 63.3 Å². The lowest BCUT2D eigenvalue weighted by Gasteiger charge is -2.17. The largest absolute Gasteiger partial charge is 0.354 e. The van der Waals surface area contributed by atoms with Gasteiger partial charge in [0.1, 0.15) is 5.01 Å². The normalized spacial score (nSPS) is 22.9. The highest BCUT2D eigenvalue weighted by Crippen LogP contribution is 2.28. The van der Waals surface area contributed by atoms with Crippen LogP contribution in [0.5, 0.6) is 0 Å². The lowest BCUT2D eigenvalue weighted by atomic mass is 9.93. The van der Waals surface area contributed by atoms with E-state index in [2.05, 4.69) is 48.0 Å². The minimum atomic E-state index is 0.116. The molecule has 1 aromatic heterocycles. The highest BCUT2D eigenvalue weighted by Gasteiger charge is 2.24. The smallest absolute Gasteiger partial charge is 0.191 e. The van der Waals surface area contributed by atoms with E-state index in [0.29, 0.717) is 6.04 Å². The van der Waals surface area contributed by atoms with Gasteiger partial charge >= 0.3 is 0 Å². The number of thioether (sulfide) groups is 1. The van der Waals surface area contributed by atoms with Gasteiger partial charge in [-0.05, 0) is 25.5 Å². The number of nitrogens with one attached hydrogen (secondary N) is 2. The average molecular weight is 341 g/mol. The molecule has 0 amide bonds. The Balaban J connectivity index is 1.83. The molecule has 1 heterocycles. The van der Waals surface area contributed by atoms with E-state index in [1.165, 1.54) is 19.3 Å². The summed E-state index contributed by atoms with van der Waals surface area (Å²) >= 11 is 3.69. The fourth-order valence-corrected chi connectivity index (χ4v) is 4.33. The summed E-state index contributed by atoms with van der Waals surface area (Å²) in [4.78, 5) is 9.05. The molecule has 124 valence electrons. The van der Waals surface area contributed by atoms with Crippen molar-refractivity contribution in [2.75, 3.05) is 13.3 Å². The lowest BCUT2D eigenvalue weighted by molar-refractivity contribution is 0.570. The standard InChI is InChI=1S/C16H28N4S2/c1-16(2,3)13-10-22-14(20-13)9-18-15(17-4)19-11-6-7-12(8-11)21-5/h10-12H,6-9H2,1-5H3,(H2,17,18,19). The number of hydrogen-bond acceptors (Lipinski definition) is 4. The first-order chi connectivity index (χ1) is 10.4. The summed E-state index contributed by atoms with van der Waals surface area (Å²) in [6.07, 6.45) is 5.97. The van der Waals surface area contributed by atoms with Crippen molar-refractivity contribution in [3.8, 4) is 0 Å². The molecule has 2 atom stereocenters. The topological polar surface area (TPSA) is 49.3 Å². The van der Waals surface area contributed by atoms with Crippen molar-refractivity contribution < 1.29 is 0 Å². The molecule has 0 aromatic carbocycles. The predicted molar refractivity (Wildman–Crippen MR) is 99.1 cm³/mol. The Labute approximate surface area is 142 Å². The molecule has 0 radical (unpaired) electrons. The summed E-state index contributed by atoms with van der Waals surface area (Å²) < 4.78 is 0. The molecule has 2 N–H and O–H groups in total. The number of aliphatic imine (C=N–C) groups is 1. The Morgan fingerprint density at radius 1 is 1.45 bits per heavy atom. The molecule has 4 nitrogen and oxygen atoms in total. The van der Waals surface area contributed by atoms with Gasteiger partial charge in [0.25, 0.3) is 0 Å². The van der Waals surface area contributed by atoms with Gasteiger partial charge in [-0.15, -0.1) is 11.3 Å². The lowest BCUT2D eigenvalue weighted by Crippen LogP contribution is -2.42. The maximum absolute atomic E-state index is 4.71. The SMILES string of the molecule is CN=C(NCc1nc(C(C)(C)C)cs1)NC1CCC(SC)C1. The molecule has 0 aliphatic heterocycles. The molecular weight excluding hydrogens is 312 g/mol. The van der Waals surface area contributed by atoms with Crippen molar-refractivity contribution in [3.63, 3.8) is 0 Å². The molecule has 6 heteroatoms. The molecule has 1 aromatic rings. The van der Waals surface area contributed by atoms with Crippen LogP contribution in [-0.4, -0.2) is 35.5 Å². The fourth-order valence-electron chi connectivity index (χ4n) is 2.57. The van der Waals surface area contributed by atoms with Gasteiger partial charge in [0.2, 0.25) is 0 Å². The highest BCUT2D eigenvalue weighted by molar-refractivity contribution is 7.99. The van der Waals surface area contributed by atoms with Crippen LogP contribution in [-0.2, 0) is 12.0 Å². The Bertz CT molecular complexity index is 504. The third-order valence-electron chi connectivity index (χ3n) is 4.01. The molecule has 1 aliphatic carbocycles. The van der Waals surface area contributed by atoms with E-state index in [-0.39, 0.29) is 5.41 Å². The second-order valence-corrected chi connectivity index (χ2v) is 8.90. The number of thiazole rings is 1. The monoisotopic (exact) mass is 340 g/mol. The molecule has 0 spiro atoms. The van der Waals surface area contributed by atoms with Crippen molar-refractivity contribution in [1.29, 1.82) is 0 Å². The van der Waals surface area contributed by atoms with E-state index in [9.17, 15) is 0 Å². The van der Waals surface area contributed by atoms with Crippen molar-refractivity contribution in [3.05, 3.63) is 16.1 Å². The number of aromatic nitrogens is 1. The molecule has 1 saturated carbocycles. The van der Waals surface area contributed by atoms with Crippen LogP contribution in [0.15, 0.2) is 10.4 Å². The first kappa shape index (κ1) is 17.6. The molecule has 2 unspecified atom stereocenters. The van der Waals surface area contributed by atoms with Gasteiger partial charge in [0.15, 0.2) is 5.96 Å². The maximum atomic E-state index is 4.71. The van der Waals surface area contributed by atoms with Crippen molar-refractivity contribution in [1.82, 2.24) is 15.6 Å². The zero-order valence-corrected chi connectivity index (χ0v) is 15.9. The molecular formula is C16H28N4S2. The summed E-state index contributed by atoms with van der Waals surface area (Å²) in [6, 6.07) is 0.546. The minimum absolute atomic E-state index is 0.116. The zero-order chi connectivity index (χ0) is 16.2. The highest BCUT2D eigenvalue weighted by atomic mass is 32.2. The minimum Gasteiger partial charge on any atom is -0.354 e. The average Bonchev–Trinajstić information content (AvgIpc) is 3.11. The van der Waals surface area contributed by atoms with Crippen molar-refractivity contribution in [2.24, 2.45) is 4.99 Å². The van der Waals surface area contributed by atoms with Crippen LogP contribution >= 0.6 is 23.1 Å². The molecule has 1 fully saturated rings. The second-order valence-electron chi connectivity index (χ2n) is 6.81. The Kier molecular flexibility index (Phi) is 6.15. The van der Waals surface area contributed by atoms with Crippen LogP contribution in [0.4, 0.5) is 0 Å². The Morgan fingerprint density at radius 3 is 2.77 bits per heavy atom. The van der Waals surface area contributed by atoms with E-state index >= 15 is 0 Å². The van der Waals surface area contributed by atoms with Gasteiger partial charge in [0, 0.05) is 29.1 Å². The second kappa shape index (κ2) is 7.68. The van der Waals surface area contributed by atoms with Crippen LogP contribution in [0.3, 0.4) is 0 Å². The predicted octanol–water partition coefficient (Wildman–Crippen LogP) is 3.39. The maximum Gasteiger partial charge on any atom is 0.191 e. The van der Waals surface area contributed by atoms with Crippen LogP contribution in [0.25, 0.3) is 0 Å². The van der Waals surface area contributed by atoms with Gasteiger partial charge < -0.3 is 10.6 Å². The summed E-state index contributed by atoms with van der Waals surface area (Å²) in [5.41, 5.74) is 1.28. The quantitative estimate of drug-likeness (QED) is 0.651. The number of hydrogen-bond donors (Lipinski definition) is 2. The number of guanidine groups is 1. The van der Waals surface area contributed by atoms with Crippen LogP contribution in [0.1, 0.15) is 50.7 Å². The summed E-state index contributed by atoms with van der Waals surface area (Å²) in [5, 5.41) is 11.0. The van der Waals surface area contributed by atoms with E-state index < -0.39 is 0 Å². The van der Waals surface area contributed by atoms with Gasteiger partial charge in [-0.25, -0.2) is 4.98 Å². The van der Waals surface area contributed by atoms with Crippen molar-refractivity contribution >= 4 is 29.1 Å². The first-order valence-electron chi connectivity index (χ1n) is 7.87. The molecule has 22 heavy (non-hydrogen) atoms. The molecule has 1 aliphatic rings. The third kappa shape index (κ3) is 4.88. The summed E-state index contributed by atoms with van der Waals surface area (Å²) in [7, 11) is 1.83. The van der Waals surface area contributed by atoms with Crippen LogP contribution < -0.4 is 10.6 Å². The summed E-state index contributed by atoms with van der Waals surface area (Å²) in [5.74, 6) is 0.888. The van der Waals surface area contributed by atoms with Gasteiger partial charge in [-0.1, -0.05) is 20.8 Å². The van der Waals surface area contributed by atoms with Gasteiger partial charge in [0.05, 0.1) is 12.2 Å². The number of nitrogens with zero attached hydrogens (tertiary/aromatic N) is 2.